The molecule has 0 saturated carbocycles. The van der Waals surface area contributed by atoms with Gasteiger partial charge in [-0.1, -0.05) is 18.2 Å². The van der Waals surface area contributed by atoms with Gasteiger partial charge in [-0.2, -0.15) is 0 Å². The van der Waals surface area contributed by atoms with Crippen LogP contribution in [0.2, 0.25) is 0 Å². The Morgan fingerprint density at radius 1 is 1.08 bits per heavy atom. The average molecular weight is 328 g/mol. The molecule has 2 aromatic carbocycles. The molecule has 0 spiro atoms. The maximum absolute atomic E-state index is 13.5. The monoisotopic (exact) mass is 328 g/mol. The predicted octanol–water partition coefficient (Wildman–Crippen LogP) is 3.97. The van der Waals surface area contributed by atoms with Gasteiger partial charge in [0.2, 0.25) is 0 Å². The van der Waals surface area contributed by atoms with Crippen LogP contribution < -0.4 is 4.74 Å². The number of benzene rings is 2. The van der Waals surface area contributed by atoms with Crippen molar-refractivity contribution in [3.05, 3.63) is 71.6 Å². The fourth-order valence-corrected chi connectivity index (χ4v) is 2.00. The lowest BCUT2D eigenvalue weighted by Gasteiger charge is -2.05. The van der Waals surface area contributed by atoms with Gasteiger partial charge in [0, 0.05) is 17.5 Å². The number of carboxylic acid groups (broad SMARTS) is 1. The minimum Gasteiger partial charge on any atom is -0.494 e. The maximum Gasteiger partial charge on any atom is 0.303 e. The lowest BCUT2D eigenvalue weighted by molar-refractivity contribution is -0.137. The van der Waals surface area contributed by atoms with E-state index >= 15 is 0 Å². The predicted molar refractivity (Wildman–Crippen MR) is 88.6 cm³/mol. The van der Waals surface area contributed by atoms with Gasteiger partial charge in [0.25, 0.3) is 0 Å². The van der Waals surface area contributed by atoms with Crippen molar-refractivity contribution in [1.82, 2.24) is 0 Å². The molecule has 4 nitrogen and oxygen atoms in total. The number of hydrogen-bond acceptors (Lipinski definition) is 3. The molecule has 0 atom stereocenters. The van der Waals surface area contributed by atoms with Crippen molar-refractivity contribution in [2.45, 2.75) is 12.8 Å². The SMILES string of the molecule is O=C(O)CCCOc1ccc(C(=O)C=Cc2ccccc2F)cc1. The Labute approximate surface area is 139 Å². The normalized spacial score (nSPS) is 10.7. The first kappa shape index (κ1) is 17.4. The fourth-order valence-electron chi connectivity index (χ4n) is 2.00. The zero-order valence-electron chi connectivity index (χ0n) is 12.9. The topological polar surface area (TPSA) is 63.6 Å². The van der Waals surface area contributed by atoms with Gasteiger partial charge < -0.3 is 9.84 Å². The summed E-state index contributed by atoms with van der Waals surface area (Å²) in [5.41, 5.74) is 0.810. The summed E-state index contributed by atoms with van der Waals surface area (Å²) in [7, 11) is 0. The van der Waals surface area contributed by atoms with E-state index in [1.807, 2.05) is 0 Å². The van der Waals surface area contributed by atoms with Crippen LogP contribution in [0.5, 0.6) is 5.75 Å². The summed E-state index contributed by atoms with van der Waals surface area (Å²) in [4.78, 5) is 22.5. The van der Waals surface area contributed by atoms with Crippen molar-refractivity contribution in [3.63, 3.8) is 0 Å². The smallest absolute Gasteiger partial charge is 0.303 e. The molecule has 0 aliphatic heterocycles. The van der Waals surface area contributed by atoms with Crippen LogP contribution in [-0.2, 0) is 4.79 Å². The molecule has 0 bridgehead atoms. The minimum absolute atomic E-state index is 0.0530. The van der Waals surface area contributed by atoms with Crippen LogP contribution in [0, 0.1) is 5.82 Å². The van der Waals surface area contributed by atoms with Crippen molar-refractivity contribution in [2.75, 3.05) is 6.61 Å². The first-order valence-electron chi connectivity index (χ1n) is 7.48. The summed E-state index contributed by atoms with van der Waals surface area (Å²) in [5.74, 6) is -0.918. The second kappa shape index (κ2) is 8.62. The second-order valence-electron chi connectivity index (χ2n) is 5.09. The summed E-state index contributed by atoms with van der Waals surface area (Å²) in [5, 5.41) is 8.54. The van der Waals surface area contributed by atoms with E-state index < -0.39 is 5.97 Å². The van der Waals surface area contributed by atoms with Crippen molar-refractivity contribution in [2.24, 2.45) is 0 Å². The van der Waals surface area contributed by atoms with Crippen molar-refractivity contribution >= 4 is 17.8 Å². The van der Waals surface area contributed by atoms with E-state index in [1.165, 1.54) is 18.2 Å². The van der Waals surface area contributed by atoms with Crippen LogP contribution in [0.3, 0.4) is 0 Å². The van der Waals surface area contributed by atoms with E-state index in [0.29, 0.717) is 29.9 Å². The Morgan fingerprint density at radius 3 is 2.46 bits per heavy atom. The van der Waals surface area contributed by atoms with E-state index in [2.05, 4.69) is 0 Å². The molecule has 0 aliphatic rings. The molecular weight excluding hydrogens is 311 g/mol. The summed E-state index contributed by atoms with van der Waals surface area (Å²) >= 11 is 0. The number of allylic oxidation sites excluding steroid dienone is 1. The second-order valence-corrected chi connectivity index (χ2v) is 5.09. The van der Waals surface area contributed by atoms with Crippen LogP contribution in [0.1, 0.15) is 28.8 Å². The molecule has 0 amide bonds. The van der Waals surface area contributed by atoms with E-state index in [9.17, 15) is 14.0 Å². The Kier molecular flexibility index (Phi) is 6.25. The van der Waals surface area contributed by atoms with Crippen molar-refractivity contribution in [3.8, 4) is 5.75 Å². The minimum atomic E-state index is -0.860. The molecule has 0 saturated heterocycles. The Balaban J connectivity index is 1.91. The number of ether oxygens (including phenoxy) is 1. The molecule has 0 radical (unpaired) electrons. The number of carbonyl (C=O) groups is 2. The van der Waals surface area contributed by atoms with Crippen LogP contribution in [0.4, 0.5) is 4.39 Å². The standard InChI is InChI=1S/C19H17FO4/c20-17-5-2-1-4-14(17)9-12-18(21)15-7-10-16(11-8-15)24-13-3-6-19(22)23/h1-2,4-5,7-12H,3,6,13H2,(H,22,23). The van der Waals surface area contributed by atoms with Gasteiger partial charge in [0.1, 0.15) is 11.6 Å². The van der Waals surface area contributed by atoms with Gasteiger partial charge in [-0.05, 0) is 48.9 Å². The molecule has 2 aromatic rings. The van der Waals surface area contributed by atoms with Gasteiger partial charge in [0.15, 0.2) is 5.78 Å². The van der Waals surface area contributed by atoms with Crippen LogP contribution in [0.15, 0.2) is 54.6 Å². The van der Waals surface area contributed by atoms with Gasteiger partial charge in [-0.25, -0.2) is 4.39 Å². The van der Waals surface area contributed by atoms with Crippen LogP contribution in [-0.4, -0.2) is 23.5 Å². The van der Waals surface area contributed by atoms with Gasteiger partial charge >= 0.3 is 5.97 Å². The zero-order valence-corrected chi connectivity index (χ0v) is 12.9. The Bertz CT molecular complexity index is 735. The number of halogens is 1. The molecule has 0 unspecified atom stereocenters. The third kappa shape index (κ3) is 5.35. The lowest BCUT2D eigenvalue weighted by Crippen LogP contribution is -2.02. The quantitative estimate of drug-likeness (QED) is 0.452. The first-order valence-corrected chi connectivity index (χ1v) is 7.48. The molecular formula is C19H17FO4. The lowest BCUT2D eigenvalue weighted by atomic mass is 10.1. The van der Waals surface area contributed by atoms with Gasteiger partial charge in [-0.15, -0.1) is 0 Å². The molecule has 5 heteroatoms. The van der Waals surface area contributed by atoms with Gasteiger partial charge in [-0.3, -0.25) is 9.59 Å². The molecule has 0 aromatic heterocycles. The van der Waals surface area contributed by atoms with Crippen LogP contribution in [0.25, 0.3) is 6.08 Å². The highest BCUT2D eigenvalue weighted by atomic mass is 19.1. The van der Waals surface area contributed by atoms with Gasteiger partial charge in [0.05, 0.1) is 6.61 Å². The summed E-state index contributed by atoms with van der Waals surface area (Å²) in [6.07, 6.45) is 3.23. The molecule has 0 fully saturated rings. The molecule has 24 heavy (non-hydrogen) atoms. The largest absolute Gasteiger partial charge is 0.494 e. The number of ketones is 1. The Morgan fingerprint density at radius 2 is 1.79 bits per heavy atom. The molecule has 0 aliphatic carbocycles. The molecule has 2 rings (SSSR count). The summed E-state index contributed by atoms with van der Waals surface area (Å²) < 4.78 is 18.9. The third-order valence-corrected chi connectivity index (χ3v) is 3.26. The highest BCUT2D eigenvalue weighted by Gasteiger charge is 2.04. The molecule has 0 heterocycles. The Hall–Kier alpha value is -2.95. The number of carbonyl (C=O) groups excluding carboxylic acids is 1. The molecule has 1 N–H and O–H groups in total. The zero-order chi connectivity index (χ0) is 17.4. The van der Waals surface area contributed by atoms with E-state index in [1.54, 1.807) is 42.5 Å². The number of rotatable bonds is 8. The van der Waals surface area contributed by atoms with E-state index in [0.717, 1.165) is 0 Å². The maximum atomic E-state index is 13.5. The highest BCUT2D eigenvalue weighted by molar-refractivity contribution is 6.06. The van der Waals surface area contributed by atoms with Crippen molar-refractivity contribution < 1.29 is 23.8 Å². The fraction of sp³-hybridized carbons (Fsp3) is 0.158. The molecule has 124 valence electrons. The summed E-state index contributed by atoms with van der Waals surface area (Å²) in [6, 6.07) is 12.7. The van der Waals surface area contributed by atoms with E-state index in [-0.39, 0.29) is 18.0 Å². The number of hydrogen-bond donors (Lipinski definition) is 1. The number of carboxylic acids is 1. The first-order chi connectivity index (χ1) is 11.6. The summed E-state index contributed by atoms with van der Waals surface area (Å²) in [6.45, 7) is 0.298. The average Bonchev–Trinajstić information content (AvgIpc) is 2.58. The van der Waals surface area contributed by atoms with Crippen molar-refractivity contribution in [1.29, 1.82) is 0 Å². The highest BCUT2D eigenvalue weighted by Crippen LogP contribution is 2.14. The third-order valence-electron chi connectivity index (χ3n) is 3.26. The van der Waals surface area contributed by atoms with E-state index in [4.69, 9.17) is 9.84 Å². The number of aliphatic carboxylic acids is 1. The van der Waals surface area contributed by atoms with Crippen LogP contribution >= 0.6 is 0 Å².